The van der Waals surface area contributed by atoms with Crippen molar-refractivity contribution < 1.29 is 18.0 Å². The van der Waals surface area contributed by atoms with Crippen LogP contribution in [0.25, 0.3) is 0 Å². The molecule has 9 heteroatoms. The van der Waals surface area contributed by atoms with Crippen LogP contribution in [-0.4, -0.2) is 43.5 Å². The van der Waals surface area contributed by atoms with Gasteiger partial charge in [-0.2, -0.15) is 13.2 Å². The van der Waals surface area contributed by atoms with Gasteiger partial charge in [0.2, 0.25) is 5.91 Å². The molecule has 4 nitrogen and oxygen atoms in total. The van der Waals surface area contributed by atoms with E-state index in [0.29, 0.717) is 18.1 Å². The topological polar surface area (TPSA) is 35.6 Å². The molecule has 0 radical (unpaired) electrons. The van der Waals surface area contributed by atoms with E-state index in [-0.39, 0.29) is 18.1 Å². The number of carbonyl (C=O) groups is 1. The van der Waals surface area contributed by atoms with Crippen LogP contribution in [0.3, 0.4) is 0 Å². The lowest BCUT2D eigenvalue weighted by atomic mass is 10.2. The average Bonchev–Trinajstić information content (AvgIpc) is 2.64. The molecule has 150 valence electrons. The number of amides is 1. The standard InChI is InChI=1S/C19H18Cl2F3N3O/c20-13-1-4-15(5-2-13)27-9-7-26(8-10-27)12-18(28)25-14-3-6-17(21)16(11-14)19(22,23)24/h1-6,11H,7-10,12H2,(H,25,28). The first-order chi connectivity index (χ1) is 13.2. The van der Waals surface area contributed by atoms with Gasteiger partial charge in [-0.05, 0) is 42.5 Å². The fourth-order valence-electron chi connectivity index (χ4n) is 3.04. The van der Waals surface area contributed by atoms with Crippen molar-refractivity contribution in [3.05, 3.63) is 58.1 Å². The van der Waals surface area contributed by atoms with Gasteiger partial charge in [0, 0.05) is 42.6 Å². The smallest absolute Gasteiger partial charge is 0.369 e. The maximum absolute atomic E-state index is 12.9. The van der Waals surface area contributed by atoms with Crippen LogP contribution in [0.1, 0.15) is 5.56 Å². The molecule has 0 aliphatic carbocycles. The Morgan fingerprint density at radius 1 is 1.00 bits per heavy atom. The summed E-state index contributed by atoms with van der Waals surface area (Å²) in [6.07, 6.45) is -4.57. The number of halogens is 5. The van der Waals surface area contributed by atoms with Gasteiger partial charge in [0.05, 0.1) is 17.1 Å². The predicted molar refractivity (Wildman–Crippen MR) is 105 cm³/mol. The Hall–Kier alpha value is -1.96. The minimum atomic E-state index is -4.57. The van der Waals surface area contributed by atoms with Gasteiger partial charge in [-0.25, -0.2) is 0 Å². The molecule has 0 spiro atoms. The van der Waals surface area contributed by atoms with Crippen LogP contribution in [0.4, 0.5) is 24.5 Å². The quantitative estimate of drug-likeness (QED) is 0.756. The van der Waals surface area contributed by atoms with Crippen molar-refractivity contribution in [1.29, 1.82) is 0 Å². The second-order valence-corrected chi connectivity index (χ2v) is 7.32. The minimum Gasteiger partial charge on any atom is -0.369 e. The highest BCUT2D eigenvalue weighted by Gasteiger charge is 2.33. The SMILES string of the molecule is O=C(CN1CCN(c2ccc(Cl)cc2)CC1)Nc1ccc(Cl)c(C(F)(F)F)c1. The molecule has 1 fully saturated rings. The Balaban J connectivity index is 1.53. The molecule has 0 unspecified atom stereocenters. The molecule has 1 heterocycles. The van der Waals surface area contributed by atoms with Crippen molar-refractivity contribution in [2.45, 2.75) is 6.18 Å². The zero-order chi connectivity index (χ0) is 20.3. The maximum atomic E-state index is 12.9. The van der Waals surface area contributed by atoms with Crippen molar-refractivity contribution in [3.63, 3.8) is 0 Å². The molecule has 28 heavy (non-hydrogen) atoms. The van der Waals surface area contributed by atoms with E-state index in [0.717, 1.165) is 30.9 Å². The second-order valence-electron chi connectivity index (χ2n) is 6.48. The molecule has 0 aromatic heterocycles. The molecule has 0 bridgehead atoms. The van der Waals surface area contributed by atoms with Gasteiger partial charge < -0.3 is 10.2 Å². The van der Waals surface area contributed by atoms with E-state index >= 15 is 0 Å². The van der Waals surface area contributed by atoms with E-state index in [1.807, 2.05) is 29.2 Å². The van der Waals surface area contributed by atoms with Crippen LogP contribution in [0, 0.1) is 0 Å². The highest BCUT2D eigenvalue weighted by molar-refractivity contribution is 6.31. The van der Waals surface area contributed by atoms with Gasteiger partial charge >= 0.3 is 6.18 Å². The molecule has 1 amide bonds. The van der Waals surface area contributed by atoms with Crippen molar-refractivity contribution in [2.75, 3.05) is 42.9 Å². The second kappa shape index (κ2) is 8.59. The highest BCUT2D eigenvalue weighted by Crippen LogP contribution is 2.36. The third-order valence-corrected chi connectivity index (χ3v) is 5.07. The first-order valence-electron chi connectivity index (χ1n) is 8.62. The van der Waals surface area contributed by atoms with E-state index in [4.69, 9.17) is 23.2 Å². The lowest BCUT2D eigenvalue weighted by Gasteiger charge is -2.35. The lowest BCUT2D eigenvalue weighted by Crippen LogP contribution is -2.48. The Bertz CT molecular complexity index is 835. The van der Waals surface area contributed by atoms with Crippen molar-refractivity contribution in [1.82, 2.24) is 4.90 Å². The van der Waals surface area contributed by atoms with Crippen LogP contribution in [-0.2, 0) is 11.0 Å². The largest absolute Gasteiger partial charge is 0.417 e. The van der Waals surface area contributed by atoms with E-state index in [9.17, 15) is 18.0 Å². The number of nitrogens with one attached hydrogen (secondary N) is 1. The fraction of sp³-hybridized carbons (Fsp3) is 0.316. The molecule has 1 aliphatic heterocycles. The lowest BCUT2D eigenvalue weighted by molar-refractivity contribution is -0.137. The number of piperazine rings is 1. The van der Waals surface area contributed by atoms with Crippen LogP contribution < -0.4 is 10.2 Å². The first kappa shape index (κ1) is 20.8. The van der Waals surface area contributed by atoms with Gasteiger partial charge in [0.1, 0.15) is 0 Å². The molecule has 3 rings (SSSR count). The maximum Gasteiger partial charge on any atom is 0.417 e. The number of hydrogen-bond acceptors (Lipinski definition) is 3. The summed E-state index contributed by atoms with van der Waals surface area (Å²) in [5, 5.41) is 2.79. The molecule has 0 atom stereocenters. The zero-order valence-corrected chi connectivity index (χ0v) is 16.3. The Labute approximate surface area is 170 Å². The van der Waals surface area contributed by atoms with Crippen molar-refractivity contribution in [3.8, 4) is 0 Å². The number of alkyl halides is 3. The van der Waals surface area contributed by atoms with E-state index < -0.39 is 16.8 Å². The predicted octanol–water partition coefficient (Wildman–Crippen LogP) is 4.77. The highest BCUT2D eigenvalue weighted by atomic mass is 35.5. The summed E-state index contributed by atoms with van der Waals surface area (Å²) in [4.78, 5) is 16.4. The van der Waals surface area contributed by atoms with Crippen molar-refractivity contribution >= 4 is 40.5 Å². The Kier molecular flexibility index (Phi) is 6.37. The summed E-state index contributed by atoms with van der Waals surface area (Å²) in [5.74, 6) is -0.365. The number of carbonyl (C=O) groups excluding carboxylic acids is 1. The molecule has 1 N–H and O–H groups in total. The van der Waals surface area contributed by atoms with Crippen LogP contribution in [0.5, 0.6) is 0 Å². The Morgan fingerprint density at radius 3 is 2.25 bits per heavy atom. The van der Waals surface area contributed by atoms with Gasteiger partial charge in [0.15, 0.2) is 0 Å². The van der Waals surface area contributed by atoms with Gasteiger partial charge in [-0.15, -0.1) is 0 Å². The van der Waals surface area contributed by atoms with Gasteiger partial charge in [-0.1, -0.05) is 23.2 Å². The number of rotatable bonds is 4. The molecule has 1 saturated heterocycles. The number of anilines is 2. The third kappa shape index (κ3) is 5.31. The summed E-state index contributed by atoms with van der Waals surface area (Å²) in [6, 6.07) is 10.9. The summed E-state index contributed by atoms with van der Waals surface area (Å²) < 4.78 is 38.8. The normalized spacial score (nSPS) is 15.5. The van der Waals surface area contributed by atoms with Crippen LogP contribution in [0.2, 0.25) is 10.0 Å². The molecule has 2 aromatic carbocycles. The fourth-order valence-corrected chi connectivity index (χ4v) is 3.39. The average molecular weight is 432 g/mol. The summed E-state index contributed by atoms with van der Waals surface area (Å²) in [6.45, 7) is 2.94. The molecule has 0 saturated carbocycles. The summed E-state index contributed by atoms with van der Waals surface area (Å²) in [5.41, 5.74) is 0.166. The minimum absolute atomic E-state index is 0.0709. The summed E-state index contributed by atoms with van der Waals surface area (Å²) >= 11 is 11.5. The molecule has 1 aliphatic rings. The third-order valence-electron chi connectivity index (χ3n) is 4.49. The van der Waals surface area contributed by atoms with Gasteiger partial charge in [-0.3, -0.25) is 9.69 Å². The summed E-state index contributed by atoms with van der Waals surface area (Å²) in [7, 11) is 0. The number of hydrogen-bond donors (Lipinski definition) is 1. The monoisotopic (exact) mass is 431 g/mol. The number of nitrogens with zero attached hydrogens (tertiary/aromatic N) is 2. The molecular formula is C19H18Cl2F3N3O. The molecule has 2 aromatic rings. The van der Waals surface area contributed by atoms with Gasteiger partial charge in [0.25, 0.3) is 0 Å². The van der Waals surface area contributed by atoms with E-state index in [1.165, 1.54) is 6.07 Å². The van der Waals surface area contributed by atoms with E-state index in [2.05, 4.69) is 10.2 Å². The van der Waals surface area contributed by atoms with Crippen LogP contribution >= 0.6 is 23.2 Å². The first-order valence-corrected chi connectivity index (χ1v) is 9.37. The van der Waals surface area contributed by atoms with Crippen LogP contribution in [0.15, 0.2) is 42.5 Å². The zero-order valence-electron chi connectivity index (χ0n) is 14.8. The van der Waals surface area contributed by atoms with Crippen molar-refractivity contribution in [2.24, 2.45) is 0 Å². The molecular weight excluding hydrogens is 414 g/mol. The Morgan fingerprint density at radius 2 is 1.64 bits per heavy atom. The van der Waals surface area contributed by atoms with E-state index in [1.54, 1.807) is 0 Å². The number of benzene rings is 2.